The van der Waals surface area contributed by atoms with Crippen LogP contribution in [-0.4, -0.2) is 88.0 Å². The van der Waals surface area contributed by atoms with Gasteiger partial charge in [-0.15, -0.1) is 10.2 Å². The Hall–Kier alpha value is -4.25. The number of hydrogen-bond donors (Lipinski definition) is 4. The lowest BCUT2D eigenvalue weighted by molar-refractivity contribution is -0.188. The molecular formula is C23H21ClFN7O8. The molecule has 5 N–H and O–H groups in total. The molecule has 1 aliphatic heterocycles. The lowest BCUT2D eigenvalue weighted by Crippen LogP contribution is -2.53. The number of nitrogens with zero attached hydrogens (tertiary/aromatic N) is 6. The van der Waals surface area contributed by atoms with E-state index in [9.17, 15) is 24.9 Å². The van der Waals surface area contributed by atoms with E-state index >= 15 is 4.39 Å². The van der Waals surface area contributed by atoms with Crippen molar-refractivity contribution in [2.45, 2.75) is 36.9 Å². The molecule has 0 bridgehead atoms. The number of halogens is 2. The van der Waals surface area contributed by atoms with Gasteiger partial charge in [0.2, 0.25) is 22.9 Å². The van der Waals surface area contributed by atoms with Gasteiger partial charge >= 0.3 is 11.9 Å². The fourth-order valence-electron chi connectivity index (χ4n) is 4.31. The third kappa shape index (κ3) is 4.60. The van der Waals surface area contributed by atoms with Crippen molar-refractivity contribution in [3.8, 4) is 11.5 Å². The molecule has 0 radical (unpaired) electrons. The smallest absolute Gasteiger partial charge is 0.348 e. The molecule has 4 heterocycles. The maximum Gasteiger partial charge on any atom is 0.348 e. The molecule has 17 heteroatoms. The van der Waals surface area contributed by atoms with Crippen molar-refractivity contribution < 1.29 is 43.2 Å². The van der Waals surface area contributed by atoms with Gasteiger partial charge in [0, 0.05) is 18.9 Å². The summed E-state index contributed by atoms with van der Waals surface area (Å²) >= 11 is 5.84. The topological polar surface area (TPSA) is 222 Å². The maximum absolute atomic E-state index is 16.1. The van der Waals surface area contributed by atoms with Crippen molar-refractivity contribution in [3.05, 3.63) is 47.3 Å². The largest absolute Gasteiger partial charge is 0.479 e. The van der Waals surface area contributed by atoms with Gasteiger partial charge in [-0.1, -0.05) is 12.1 Å². The van der Waals surface area contributed by atoms with Crippen LogP contribution >= 0.6 is 11.6 Å². The second-order valence-electron chi connectivity index (χ2n) is 9.03. The summed E-state index contributed by atoms with van der Waals surface area (Å²) in [5, 5.41) is 37.9. The molecule has 1 aromatic carbocycles. The van der Waals surface area contributed by atoms with Crippen LogP contribution in [0.25, 0.3) is 22.6 Å². The number of aliphatic hydroxyl groups is 1. The second kappa shape index (κ2) is 10.1. The molecule has 0 aliphatic carbocycles. The number of nitrogens with two attached hydrogens (primary N) is 1. The number of rotatable bonds is 9. The number of aliphatic hydroxyl groups excluding tert-OH is 1. The molecule has 0 saturated carbocycles. The Labute approximate surface area is 228 Å². The highest BCUT2D eigenvalue weighted by atomic mass is 35.5. The Kier molecular flexibility index (Phi) is 6.87. The molecule has 1 saturated heterocycles. The van der Waals surface area contributed by atoms with E-state index in [1.807, 2.05) is 0 Å². The van der Waals surface area contributed by atoms with Gasteiger partial charge < -0.3 is 34.9 Å². The van der Waals surface area contributed by atoms with E-state index in [0.29, 0.717) is 11.5 Å². The summed E-state index contributed by atoms with van der Waals surface area (Å²) in [5.41, 5.74) is 3.71. The van der Waals surface area contributed by atoms with Crippen molar-refractivity contribution in [3.63, 3.8) is 0 Å². The van der Waals surface area contributed by atoms with E-state index in [1.54, 1.807) is 19.1 Å². The van der Waals surface area contributed by atoms with Crippen LogP contribution in [0.5, 0.6) is 0 Å². The predicted octanol–water partition coefficient (Wildman–Crippen LogP) is 0.970. The number of carboxylic acid groups (broad SMARTS) is 2. The molecule has 210 valence electrons. The minimum absolute atomic E-state index is 0.0318. The lowest BCUT2D eigenvalue weighted by atomic mass is 9.93. The zero-order chi connectivity index (χ0) is 28.8. The Morgan fingerprint density at radius 2 is 1.95 bits per heavy atom. The van der Waals surface area contributed by atoms with Crippen LogP contribution in [0.1, 0.15) is 11.5 Å². The molecule has 3 aromatic heterocycles. The van der Waals surface area contributed by atoms with E-state index < -0.39 is 55.2 Å². The summed E-state index contributed by atoms with van der Waals surface area (Å²) < 4.78 is 33.0. The van der Waals surface area contributed by atoms with Crippen LogP contribution in [0.4, 0.5) is 10.2 Å². The van der Waals surface area contributed by atoms with Gasteiger partial charge in [0.1, 0.15) is 24.3 Å². The predicted molar refractivity (Wildman–Crippen MR) is 132 cm³/mol. The summed E-state index contributed by atoms with van der Waals surface area (Å²) in [7, 11) is 0. The van der Waals surface area contributed by atoms with Gasteiger partial charge in [0.05, 0.1) is 12.9 Å². The maximum atomic E-state index is 16.1. The summed E-state index contributed by atoms with van der Waals surface area (Å²) in [5.74, 6) is -5.80. The first-order valence-corrected chi connectivity index (χ1v) is 12.0. The Morgan fingerprint density at radius 3 is 2.58 bits per heavy atom. The Morgan fingerprint density at radius 1 is 1.25 bits per heavy atom. The zero-order valence-corrected chi connectivity index (χ0v) is 21.3. The average Bonchev–Trinajstić information content (AvgIpc) is 3.60. The van der Waals surface area contributed by atoms with Gasteiger partial charge in [-0.2, -0.15) is 9.97 Å². The van der Waals surface area contributed by atoms with E-state index in [-0.39, 0.29) is 33.7 Å². The second-order valence-corrected chi connectivity index (χ2v) is 9.36. The number of imidazole rings is 1. The van der Waals surface area contributed by atoms with E-state index in [4.69, 9.17) is 31.2 Å². The first kappa shape index (κ1) is 27.3. The first-order chi connectivity index (χ1) is 18.9. The number of benzene rings is 1. The van der Waals surface area contributed by atoms with Gasteiger partial charge in [0.15, 0.2) is 11.5 Å². The Balaban J connectivity index is 1.35. The highest BCUT2D eigenvalue weighted by molar-refractivity contribution is 6.28. The number of aromatic nitrogens is 6. The average molecular weight is 578 g/mol. The molecule has 3 atom stereocenters. The number of anilines is 1. The van der Waals surface area contributed by atoms with Crippen molar-refractivity contribution in [1.82, 2.24) is 29.7 Å². The molecular weight excluding hydrogens is 557 g/mol. The number of carboxylic acids is 2. The molecule has 0 amide bonds. The van der Waals surface area contributed by atoms with E-state index in [0.717, 1.165) is 10.9 Å². The zero-order valence-electron chi connectivity index (χ0n) is 20.6. The summed E-state index contributed by atoms with van der Waals surface area (Å²) in [6.45, 7) is 0.111. The minimum atomic E-state index is -2.79. The third-order valence-electron chi connectivity index (χ3n) is 6.47. The number of hydrogen-bond acceptors (Lipinski definition) is 12. The van der Waals surface area contributed by atoms with Crippen LogP contribution in [0.15, 0.2) is 35.0 Å². The van der Waals surface area contributed by atoms with Crippen molar-refractivity contribution in [1.29, 1.82) is 0 Å². The molecule has 1 fully saturated rings. The van der Waals surface area contributed by atoms with Crippen LogP contribution in [0.2, 0.25) is 5.28 Å². The molecule has 40 heavy (non-hydrogen) atoms. The number of fused-ring (bicyclic) bond motifs is 1. The summed E-state index contributed by atoms with van der Waals surface area (Å²) in [6, 6.07) is 6.07. The van der Waals surface area contributed by atoms with Gasteiger partial charge in [0.25, 0.3) is 5.60 Å². The fourth-order valence-corrected chi connectivity index (χ4v) is 4.48. The number of nitrogen functional groups attached to an aromatic ring is 1. The fraction of sp³-hybridized carbons (Fsp3) is 0.348. The highest BCUT2D eigenvalue weighted by Gasteiger charge is 2.55. The van der Waals surface area contributed by atoms with Crippen LogP contribution in [0.3, 0.4) is 0 Å². The normalized spacial score (nSPS) is 21.2. The monoisotopic (exact) mass is 577 g/mol. The van der Waals surface area contributed by atoms with Gasteiger partial charge in [-0.25, -0.2) is 19.0 Å². The lowest BCUT2D eigenvalue weighted by Gasteiger charge is -2.29. The molecule has 0 unspecified atom stereocenters. The Bertz CT molecular complexity index is 1580. The summed E-state index contributed by atoms with van der Waals surface area (Å²) in [4.78, 5) is 36.0. The summed E-state index contributed by atoms with van der Waals surface area (Å²) in [6.07, 6.45) is -2.99. The van der Waals surface area contributed by atoms with Crippen molar-refractivity contribution >= 4 is 40.5 Å². The molecule has 4 aromatic rings. The van der Waals surface area contributed by atoms with Gasteiger partial charge in [-0.05, 0) is 29.3 Å². The minimum Gasteiger partial charge on any atom is -0.479 e. The molecule has 1 aliphatic rings. The molecule has 15 nitrogen and oxygen atoms in total. The highest BCUT2D eigenvalue weighted by Crippen LogP contribution is 2.37. The number of ether oxygens (including phenoxy) is 2. The standard InChI is InChI=1S/C23H21ClFN7O8/c1-10-30-31-18(40-10)12-4-2-11(3-5-12)6-22(19(34)35,20(36)37)39-7-13-15(33)23(25,8-38-13)32-9-27-14-16(26)28-21(24)29-17(14)32/h2-5,9,13,15,33H,6-8H2,1H3,(H,34,35)(H,36,37)(H2,26,28,29)/t13-,15-,23-/m1/s1. The van der Waals surface area contributed by atoms with Gasteiger partial charge in [-0.3, -0.25) is 4.57 Å². The number of carbonyl (C=O) groups is 2. The molecule has 5 rings (SSSR count). The quantitative estimate of drug-likeness (QED) is 0.161. The van der Waals surface area contributed by atoms with Crippen LogP contribution in [0, 0.1) is 6.92 Å². The number of alkyl halides is 1. The number of aryl methyl sites for hydroxylation is 1. The van der Waals surface area contributed by atoms with E-state index in [2.05, 4.69) is 25.1 Å². The van der Waals surface area contributed by atoms with E-state index in [1.165, 1.54) is 12.1 Å². The number of aliphatic carboxylic acids is 2. The van der Waals surface area contributed by atoms with Crippen LogP contribution in [-0.2, 0) is 31.3 Å². The first-order valence-electron chi connectivity index (χ1n) is 11.6. The van der Waals surface area contributed by atoms with Crippen molar-refractivity contribution in [2.75, 3.05) is 18.9 Å². The van der Waals surface area contributed by atoms with Crippen LogP contribution < -0.4 is 5.73 Å². The van der Waals surface area contributed by atoms with Crippen molar-refractivity contribution in [2.24, 2.45) is 0 Å². The third-order valence-corrected chi connectivity index (χ3v) is 6.64. The molecule has 0 spiro atoms. The SMILES string of the molecule is Cc1nnc(-c2ccc(CC(OC[C@H]3OC[C@@](F)(n4cnc5c(N)nc(Cl)nc54)[C@@H]3O)(C(=O)O)C(=O)O)cc2)o1.